The molecule has 140 valence electrons. The second-order valence-electron chi connectivity index (χ2n) is 7.02. The molecule has 3 fully saturated rings. The number of nitrogens with zero attached hydrogens (tertiary/aromatic N) is 3. The molecule has 0 aliphatic carbocycles. The van der Waals surface area contributed by atoms with E-state index in [0.717, 1.165) is 12.5 Å². The Morgan fingerprint density at radius 1 is 1.27 bits per heavy atom. The zero-order valence-electron chi connectivity index (χ0n) is 14.7. The maximum Gasteiger partial charge on any atom is 0.255 e. The van der Waals surface area contributed by atoms with Crippen LogP contribution in [0.25, 0.3) is 0 Å². The summed E-state index contributed by atoms with van der Waals surface area (Å²) in [6.07, 6.45) is 1.44. The van der Waals surface area contributed by atoms with Gasteiger partial charge in [-0.25, -0.2) is 4.39 Å². The molecule has 0 N–H and O–H groups in total. The van der Waals surface area contributed by atoms with E-state index in [-0.39, 0.29) is 53.4 Å². The van der Waals surface area contributed by atoms with Gasteiger partial charge in [-0.3, -0.25) is 14.4 Å². The van der Waals surface area contributed by atoms with Gasteiger partial charge in [0.15, 0.2) is 0 Å². The lowest BCUT2D eigenvalue weighted by Crippen LogP contribution is -2.51. The summed E-state index contributed by atoms with van der Waals surface area (Å²) in [5.41, 5.74) is 0.220. The van der Waals surface area contributed by atoms with Crippen molar-refractivity contribution in [1.82, 2.24) is 14.7 Å². The molecule has 2 atom stereocenters. The van der Waals surface area contributed by atoms with Gasteiger partial charge in [0.1, 0.15) is 12.4 Å². The summed E-state index contributed by atoms with van der Waals surface area (Å²) in [5, 5.41) is 0.0533. The van der Waals surface area contributed by atoms with E-state index in [9.17, 15) is 18.8 Å². The predicted octanol–water partition coefficient (Wildman–Crippen LogP) is 1.63. The van der Waals surface area contributed by atoms with Gasteiger partial charge < -0.3 is 14.7 Å². The van der Waals surface area contributed by atoms with Crippen molar-refractivity contribution in [2.24, 2.45) is 5.92 Å². The first-order chi connectivity index (χ1) is 12.3. The van der Waals surface area contributed by atoms with Crippen molar-refractivity contribution in [3.8, 4) is 0 Å². The van der Waals surface area contributed by atoms with Crippen LogP contribution >= 0.6 is 11.6 Å². The van der Waals surface area contributed by atoms with Gasteiger partial charge in [0.25, 0.3) is 5.91 Å². The van der Waals surface area contributed by atoms with Gasteiger partial charge in [0.05, 0.1) is 16.5 Å². The SMILES string of the molecule is CN(C)C(=O)CN1C(=O)[C@@H]2CC[C@H]1CN(C(=O)c1ccc(F)cc1Cl)C2. The molecule has 1 aromatic rings. The van der Waals surface area contributed by atoms with E-state index < -0.39 is 5.82 Å². The Morgan fingerprint density at radius 2 is 2.00 bits per heavy atom. The minimum absolute atomic E-state index is 0.0202. The van der Waals surface area contributed by atoms with E-state index in [1.54, 1.807) is 23.9 Å². The number of halogens is 2. The molecule has 6 nitrogen and oxygen atoms in total. The summed E-state index contributed by atoms with van der Waals surface area (Å²) < 4.78 is 13.2. The lowest BCUT2D eigenvalue weighted by atomic mass is 9.94. The van der Waals surface area contributed by atoms with E-state index in [4.69, 9.17) is 11.6 Å². The first-order valence-corrected chi connectivity index (χ1v) is 8.90. The third-order valence-electron chi connectivity index (χ3n) is 5.05. The average molecular weight is 382 g/mol. The van der Waals surface area contributed by atoms with Crippen molar-refractivity contribution in [2.75, 3.05) is 33.7 Å². The normalized spacial score (nSPS) is 22.4. The molecule has 0 radical (unpaired) electrons. The van der Waals surface area contributed by atoms with Crippen LogP contribution in [0.2, 0.25) is 5.02 Å². The Balaban J connectivity index is 1.82. The number of carbonyl (C=O) groups excluding carboxylic acids is 3. The quantitative estimate of drug-likeness (QED) is 0.799. The van der Waals surface area contributed by atoms with E-state index in [2.05, 4.69) is 0 Å². The predicted molar refractivity (Wildman–Crippen MR) is 94.2 cm³/mol. The van der Waals surface area contributed by atoms with Gasteiger partial charge in [-0.05, 0) is 31.0 Å². The second kappa shape index (κ2) is 7.23. The molecule has 4 rings (SSSR count). The van der Waals surface area contributed by atoms with Gasteiger partial charge in [-0.15, -0.1) is 0 Å². The fraction of sp³-hybridized carbons (Fsp3) is 0.500. The molecule has 0 unspecified atom stereocenters. The van der Waals surface area contributed by atoms with Crippen molar-refractivity contribution >= 4 is 29.3 Å². The van der Waals surface area contributed by atoms with E-state index in [1.165, 1.54) is 17.0 Å². The Hall–Kier alpha value is -2.15. The maximum absolute atomic E-state index is 13.2. The Kier molecular flexibility index (Phi) is 5.18. The van der Waals surface area contributed by atoms with Crippen molar-refractivity contribution in [3.63, 3.8) is 0 Å². The number of hydrogen-bond donors (Lipinski definition) is 0. The van der Waals surface area contributed by atoms with Crippen LogP contribution in [0.15, 0.2) is 18.2 Å². The number of hydrogen-bond acceptors (Lipinski definition) is 3. The largest absolute Gasteiger partial charge is 0.347 e. The number of fused-ring (bicyclic) bond motifs is 4. The van der Waals surface area contributed by atoms with Crippen LogP contribution in [0.4, 0.5) is 4.39 Å². The second-order valence-corrected chi connectivity index (χ2v) is 7.42. The van der Waals surface area contributed by atoms with Gasteiger partial charge in [-0.2, -0.15) is 0 Å². The fourth-order valence-corrected chi connectivity index (χ4v) is 3.78. The van der Waals surface area contributed by atoms with Crippen LogP contribution in [-0.2, 0) is 9.59 Å². The Labute approximate surface area is 156 Å². The number of piperidine rings is 1. The molecule has 0 spiro atoms. The molecular weight excluding hydrogens is 361 g/mol. The van der Waals surface area contributed by atoms with Crippen LogP contribution in [0.3, 0.4) is 0 Å². The minimum atomic E-state index is -0.508. The molecule has 3 amide bonds. The average Bonchev–Trinajstić information content (AvgIpc) is 2.87. The highest BCUT2D eigenvalue weighted by atomic mass is 35.5. The van der Waals surface area contributed by atoms with E-state index in [0.29, 0.717) is 13.0 Å². The van der Waals surface area contributed by atoms with Crippen molar-refractivity contribution in [3.05, 3.63) is 34.6 Å². The highest BCUT2D eigenvalue weighted by molar-refractivity contribution is 6.33. The molecule has 26 heavy (non-hydrogen) atoms. The summed E-state index contributed by atoms with van der Waals surface area (Å²) in [7, 11) is 3.30. The number of likely N-dealkylation sites (N-methyl/N-ethyl adjacent to an activating group) is 1. The number of amides is 3. The molecule has 2 bridgehead atoms. The topological polar surface area (TPSA) is 60.9 Å². The lowest BCUT2D eigenvalue weighted by molar-refractivity contribution is -0.145. The summed E-state index contributed by atoms with van der Waals surface area (Å²) in [6.45, 7) is 0.649. The van der Waals surface area contributed by atoms with E-state index >= 15 is 0 Å². The Bertz CT molecular complexity index is 755. The highest BCUT2D eigenvalue weighted by Gasteiger charge is 2.42. The third-order valence-corrected chi connectivity index (χ3v) is 5.36. The summed E-state index contributed by atoms with van der Waals surface area (Å²) in [5.74, 6) is -1.39. The summed E-state index contributed by atoms with van der Waals surface area (Å²) in [6, 6.07) is 3.46. The minimum Gasteiger partial charge on any atom is -0.347 e. The molecule has 1 aromatic carbocycles. The monoisotopic (exact) mass is 381 g/mol. The number of rotatable bonds is 3. The summed E-state index contributed by atoms with van der Waals surface area (Å²) >= 11 is 6.02. The van der Waals surface area contributed by atoms with Crippen LogP contribution in [0.1, 0.15) is 23.2 Å². The smallest absolute Gasteiger partial charge is 0.255 e. The van der Waals surface area contributed by atoms with Crippen molar-refractivity contribution in [2.45, 2.75) is 18.9 Å². The molecule has 3 saturated heterocycles. The molecular formula is C18H21ClFN3O3. The first-order valence-electron chi connectivity index (χ1n) is 8.53. The molecule has 3 aliphatic heterocycles. The molecule has 0 saturated carbocycles. The first kappa shape index (κ1) is 18.6. The maximum atomic E-state index is 13.2. The zero-order chi connectivity index (χ0) is 19.0. The fourth-order valence-electron chi connectivity index (χ4n) is 3.53. The molecule has 3 aliphatic rings. The van der Waals surface area contributed by atoms with Crippen LogP contribution in [0, 0.1) is 11.7 Å². The van der Waals surface area contributed by atoms with Gasteiger partial charge >= 0.3 is 0 Å². The van der Waals surface area contributed by atoms with Gasteiger partial charge in [0.2, 0.25) is 11.8 Å². The summed E-state index contributed by atoms with van der Waals surface area (Å²) in [4.78, 5) is 42.3. The number of benzene rings is 1. The van der Waals surface area contributed by atoms with Crippen LogP contribution in [0.5, 0.6) is 0 Å². The molecule has 0 aromatic heterocycles. The third kappa shape index (κ3) is 3.53. The standard InChI is InChI=1S/C18H21ClFN3O3/c1-21(2)16(24)10-23-13-5-3-11(17(23)25)8-22(9-13)18(26)14-6-4-12(20)7-15(14)19/h4,6-7,11,13H,3,5,8-10H2,1-2H3/t11-,13+/m1/s1. The molecule has 3 heterocycles. The van der Waals surface area contributed by atoms with Gasteiger partial charge in [0, 0.05) is 33.2 Å². The van der Waals surface area contributed by atoms with Crippen molar-refractivity contribution in [1.29, 1.82) is 0 Å². The Morgan fingerprint density at radius 3 is 2.65 bits per heavy atom. The van der Waals surface area contributed by atoms with E-state index in [1.807, 2.05) is 0 Å². The lowest BCUT2D eigenvalue weighted by Gasteiger charge is -2.35. The molecule has 8 heteroatoms. The van der Waals surface area contributed by atoms with Crippen LogP contribution in [-0.4, -0.2) is 72.2 Å². The van der Waals surface area contributed by atoms with Crippen molar-refractivity contribution < 1.29 is 18.8 Å². The number of carbonyl (C=O) groups is 3. The zero-order valence-corrected chi connectivity index (χ0v) is 15.5. The highest BCUT2D eigenvalue weighted by Crippen LogP contribution is 2.30. The van der Waals surface area contributed by atoms with Crippen LogP contribution < -0.4 is 0 Å². The van der Waals surface area contributed by atoms with Gasteiger partial charge in [-0.1, -0.05) is 11.6 Å².